The Hall–Kier alpha value is -12.2. The van der Waals surface area contributed by atoms with E-state index in [0.717, 1.165) is 156 Å². The molecule has 0 aliphatic heterocycles. The summed E-state index contributed by atoms with van der Waals surface area (Å²) in [5.74, 6) is 0. The van der Waals surface area contributed by atoms with Gasteiger partial charge in [0.2, 0.25) is 0 Å². The molecule has 0 N–H and O–H groups in total. The van der Waals surface area contributed by atoms with Crippen molar-refractivity contribution in [1.82, 2.24) is 34.1 Å². The van der Waals surface area contributed by atoms with E-state index in [9.17, 15) is 5.26 Å². The zero-order chi connectivity index (χ0) is 58.5. The van der Waals surface area contributed by atoms with Crippen LogP contribution < -0.4 is 0 Å². The third-order valence-corrected chi connectivity index (χ3v) is 16.9. The second-order valence-corrected chi connectivity index (χ2v) is 22.0. The van der Waals surface area contributed by atoms with Crippen LogP contribution in [0.15, 0.2) is 304 Å². The van der Waals surface area contributed by atoms with Gasteiger partial charge in [-0.2, -0.15) is 5.26 Å². The van der Waals surface area contributed by atoms with Crippen LogP contribution in [-0.4, -0.2) is 34.1 Å². The number of pyridine rings is 5. The fourth-order valence-electron chi connectivity index (χ4n) is 12.6. The number of fused-ring (bicyclic) bond motifs is 6. The molecule has 88 heavy (non-hydrogen) atoms. The van der Waals surface area contributed by atoms with Crippen LogP contribution >= 0.6 is 0 Å². The van der Waals surface area contributed by atoms with E-state index in [0.29, 0.717) is 5.56 Å². The summed E-state index contributed by atoms with van der Waals surface area (Å²) in [7, 11) is 0. The Bertz CT molecular complexity index is 4810. The molecule has 8 nitrogen and oxygen atoms in total. The Morgan fingerprint density at radius 3 is 0.864 bits per heavy atom. The second kappa shape index (κ2) is 21.8. The number of aromatic nitrogens is 7. The molecule has 16 aromatic rings. The lowest BCUT2D eigenvalue weighted by Gasteiger charge is -2.20. The van der Waals surface area contributed by atoms with Crippen LogP contribution in [0.25, 0.3) is 156 Å². The molecule has 410 valence electrons. The van der Waals surface area contributed by atoms with Gasteiger partial charge in [-0.3, -0.25) is 24.9 Å². The molecule has 0 bridgehead atoms. The zero-order valence-corrected chi connectivity index (χ0v) is 47.4. The molecular weight excluding hydrogens is 1070 g/mol. The molecular formula is C80H50N8. The summed E-state index contributed by atoms with van der Waals surface area (Å²) < 4.78 is 4.68. The fourth-order valence-corrected chi connectivity index (χ4v) is 12.6. The van der Waals surface area contributed by atoms with Crippen molar-refractivity contribution < 1.29 is 0 Å². The molecule has 7 aromatic heterocycles. The summed E-state index contributed by atoms with van der Waals surface area (Å²) in [5, 5.41) is 15.4. The van der Waals surface area contributed by atoms with Crippen molar-refractivity contribution in [3.63, 3.8) is 0 Å². The molecule has 0 unspecified atom stereocenters. The Labute approximate surface area is 507 Å². The molecule has 16 rings (SSSR count). The second-order valence-electron chi connectivity index (χ2n) is 22.0. The van der Waals surface area contributed by atoms with Crippen LogP contribution in [0.5, 0.6) is 0 Å². The zero-order valence-electron chi connectivity index (χ0n) is 47.4. The van der Waals surface area contributed by atoms with Gasteiger partial charge in [0.15, 0.2) is 0 Å². The molecule has 0 spiro atoms. The average Bonchev–Trinajstić information content (AvgIpc) is 2.38. The van der Waals surface area contributed by atoms with Crippen LogP contribution in [0.2, 0.25) is 0 Å². The smallest absolute Gasteiger partial charge is 0.0998 e. The largest absolute Gasteiger partial charge is 0.307 e. The van der Waals surface area contributed by atoms with Gasteiger partial charge in [-0.25, -0.2) is 0 Å². The summed E-state index contributed by atoms with van der Waals surface area (Å²) in [6.45, 7) is 0. The van der Waals surface area contributed by atoms with Crippen molar-refractivity contribution >= 4 is 43.6 Å². The molecule has 0 radical (unpaired) electrons. The molecule has 0 aliphatic carbocycles. The summed E-state index contributed by atoms with van der Waals surface area (Å²) in [5.41, 5.74) is 24.1. The van der Waals surface area contributed by atoms with Crippen molar-refractivity contribution in [1.29, 1.82) is 5.26 Å². The molecule has 8 heteroatoms. The van der Waals surface area contributed by atoms with E-state index >= 15 is 0 Å². The molecule has 9 aromatic carbocycles. The van der Waals surface area contributed by atoms with E-state index in [2.05, 4.69) is 191 Å². The van der Waals surface area contributed by atoms with Crippen molar-refractivity contribution in [2.24, 2.45) is 0 Å². The first kappa shape index (κ1) is 51.5. The molecule has 0 fully saturated rings. The topological polar surface area (TPSA) is 98.1 Å². The van der Waals surface area contributed by atoms with Gasteiger partial charge in [0.1, 0.15) is 0 Å². The SMILES string of the molecule is N#Cc1ccccc1-c1c(-n2c3ccc(-c4ccnc(-c5ccccc5)c4)cc3c3cc(-c4ccnc(-c5ccccc5)c4)ccc32)cncc1-n1c2ccc(-c3ccnc(-c4ccccc4)c3)cc2c2cc(-c3ccnc(-c4ccccc4)c3)ccc21. The molecule has 0 amide bonds. The number of hydrogen-bond acceptors (Lipinski definition) is 6. The van der Waals surface area contributed by atoms with Crippen molar-refractivity contribution in [2.75, 3.05) is 0 Å². The first-order chi connectivity index (χ1) is 43.6. The number of hydrogen-bond donors (Lipinski definition) is 0. The van der Waals surface area contributed by atoms with Crippen LogP contribution in [0.4, 0.5) is 0 Å². The first-order valence-corrected chi connectivity index (χ1v) is 29.3. The van der Waals surface area contributed by atoms with E-state index in [1.54, 1.807) is 0 Å². The minimum absolute atomic E-state index is 0.546. The molecule has 7 heterocycles. The molecule has 0 aliphatic rings. The number of rotatable bonds is 11. The number of benzene rings is 9. The predicted octanol–water partition coefficient (Wildman–Crippen LogP) is 19.7. The molecule has 0 saturated carbocycles. The van der Waals surface area contributed by atoms with Gasteiger partial charge < -0.3 is 9.13 Å². The van der Waals surface area contributed by atoms with E-state index in [4.69, 9.17) is 24.9 Å². The van der Waals surface area contributed by atoms with E-state index in [1.165, 1.54) is 0 Å². The van der Waals surface area contributed by atoms with Crippen LogP contribution in [0, 0.1) is 11.3 Å². The lowest BCUT2D eigenvalue weighted by Crippen LogP contribution is -2.05. The maximum absolute atomic E-state index is 11.1. The highest BCUT2D eigenvalue weighted by atomic mass is 15.0. The van der Waals surface area contributed by atoms with Gasteiger partial charge in [-0.05, 0) is 148 Å². The Morgan fingerprint density at radius 2 is 0.557 bits per heavy atom. The van der Waals surface area contributed by atoms with Crippen molar-refractivity contribution in [2.45, 2.75) is 0 Å². The third kappa shape index (κ3) is 9.15. The Balaban J connectivity index is 0.944. The van der Waals surface area contributed by atoms with E-state index < -0.39 is 0 Å². The van der Waals surface area contributed by atoms with Crippen LogP contribution in [-0.2, 0) is 0 Å². The van der Waals surface area contributed by atoms with Gasteiger partial charge in [0.25, 0.3) is 0 Å². The number of nitriles is 1. The maximum atomic E-state index is 11.1. The quantitative estimate of drug-likeness (QED) is 0.128. The lowest BCUT2D eigenvalue weighted by atomic mass is 9.97. The Kier molecular flexibility index (Phi) is 12.7. The van der Waals surface area contributed by atoms with Gasteiger partial charge in [-0.1, -0.05) is 164 Å². The third-order valence-electron chi connectivity index (χ3n) is 16.9. The van der Waals surface area contributed by atoms with E-state index in [-0.39, 0.29) is 0 Å². The van der Waals surface area contributed by atoms with Crippen LogP contribution in [0.3, 0.4) is 0 Å². The summed E-state index contributed by atoms with van der Waals surface area (Å²) in [6.07, 6.45) is 11.5. The minimum atomic E-state index is 0.546. The normalized spacial score (nSPS) is 11.4. The van der Waals surface area contributed by atoms with Crippen molar-refractivity contribution in [3.05, 3.63) is 310 Å². The number of nitrogens with zero attached hydrogens (tertiary/aromatic N) is 8. The minimum Gasteiger partial charge on any atom is -0.307 e. The fraction of sp³-hybridized carbons (Fsp3) is 0. The summed E-state index contributed by atoms with van der Waals surface area (Å²) in [6, 6.07) is 95.8. The average molecular weight is 1120 g/mol. The predicted molar refractivity (Wildman–Crippen MR) is 358 cm³/mol. The maximum Gasteiger partial charge on any atom is 0.0998 e. The summed E-state index contributed by atoms with van der Waals surface area (Å²) >= 11 is 0. The first-order valence-electron chi connectivity index (χ1n) is 29.3. The summed E-state index contributed by atoms with van der Waals surface area (Å²) in [4.78, 5) is 24.4. The molecule has 0 atom stereocenters. The van der Waals surface area contributed by atoms with Gasteiger partial charge in [0.05, 0.1) is 80.2 Å². The van der Waals surface area contributed by atoms with E-state index in [1.807, 2.05) is 128 Å². The highest BCUT2D eigenvalue weighted by Gasteiger charge is 2.25. The monoisotopic (exact) mass is 1120 g/mol. The highest BCUT2D eigenvalue weighted by Crippen LogP contribution is 2.45. The molecule has 0 saturated heterocycles. The van der Waals surface area contributed by atoms with Gasteiger partial charge in [-0.15, -0.1) is 0 Å². The van der Waals surface area contributed by atoms with Crippen LogP contribution in [0.1, 0.15) is 5.56 Å². The Morgan fingerprint density at radius 1 is 0.273 bits per heavy atom. The lowest BCUT2D eigenvalue weighted by molar-refractivity contribution is 1.09. The highest BCUT2D eigenvalue weighted by molar-refractivity contribution is 6.14. The van der Waals surface area contributed by atoms with Gasteiger partial charge in [0, 0.05) is 79.7 Å². The van der Waals surface area contributed by atoms with Crippen molar-refractivity contribution in [3.8, 4) is 118 Å². The van der Waals surface area contributed by atoms with Gasteiger partial charge >= 0.3 is 0 Å². The standard InChI is InChI=1S/C80H50N8/c81-49-64-23-13-14-24-65(64)80-78(87-74-29-25-56(60-33-37-83-70(45-60)52-15-5-1-6-16-52)41-66(74)67-42-57(26-30-75(67)87)61-34-38-84-71(46-61)53-17-7-2-8-18-53)50-82-51-79(80)88-76-31-27-58(62-35-39-85-72(47-62)54-19-9-3-10-20-54)43-68(76)69-44-59(28-32-77(69)88)63-36-40-86-73(48-63)55-21-11-4-12-22-55/h1-48,50-51H.